The average Bonchev–Trinajstić information content (AvgIpc) is 3.72. The lowest BCUT2D eigenvalue weighted by molar-refractivity contribution is -0.617. The Morgan fingerprint density at radius 3 is 1.90 bits per heavy atom. The second-order valence-electron chi connectivity index (χ2n) is 16.5. The predicted octanol–water partition coefficient (Wildman–Crippen LogP) is 7.47. The zero-order valence-corrected chi connectivity index (χ0v) is 40.5. The number of carboxylic acids is 1. The summed E-state index contributed by atoms with van der Waals surface area (Å²) < 4.78 is 133. The van der Waals surface area contributed by atoms with Crippen LogP contribution in [0.15, 0.2) is 157 Å². The number of thioether (sulfide) groups is 1. The van der Waals surface area contributed by atoms with Crippen molar-refractivity contribution in [2.75, 3.05) is 11.9 Å². The molecule has 0 amide bonds. The first-order chi connectivity index (χ1) is 32.5. The third-order valence-corrected chi connectivity index (χ3v) is 16.2. The Balaban J connectivity index is 0.00000155. The zero-order valence-electron chi connectivity index (χ0n) is 36.4. The van der Waals surface area contributed by atoms with Crippen molar-refractivity contribution in [3.8, 4) is 0 Å². The first kappa shape index (κ1) is 49.1. The van der Waals surface area contributed by atoms with E-state index in [0.29, 0.717) is 39.2 Å². The third-order valence-electron chi connectivity index (χ3n) is 12.5. The molecule has 69 heavy (non-hydrogen) atoms. The summed E-state index contributed by atoms with van der Waals surface area (Å²) in [5, 5.41) is 11.1. The Labute approximate surface area is 402 Å². The SMILES string of the molecule is CN1c2cc(S(=O)(=O)O)ccc2C(=C/C=C2C(Sc3ccc(CC(=O)O)cc3)=C(/C=C/c3c4ccccc4[n+](C)c4cc(S(=O)(=O)[O-])ccc34)C3CCC/2C3)c2ccc(S(=O)(=O)O)cc21.O=S(=O)=O. The number of aryl methyl sites for hydroxylation is 1. The van der Waals surface area contributed by atoms with E-state index in [1.54, 1.807) is 54.0 Å². The Morgan fingerprint density at radius 1 is 0.754 bits per heavy atom. The Morgan fingerprint density at radius 2 is 1.32 bits per heavy atom. The summed E-state index contributed by atoms with van der Waals surface area (Å²) in [7, 11) is -13.6. The average molecular weight is 1030 g/mol. The molecule has 2 atom stereocenters. The van der Waals surface area contributed by atoms with Gasteiger partial charge in [-0.25, -0.2) is 8.42 Å². The van der Waals surface area contributed by atoms with Crippen LogP contribution in [0.25, 0.3) is 33.5 Å². The van der Waals surface area contributed by atoms with E-state index in [1.165, 1.54) is 36.4 Å². The molecule has 1 aliphatic heterocycles. The fourth-order valence-electron chi connectivity index (χ4n) is 9.37. The summed E-state index contributed by atoms with van der Waals surface area (Å²) in [5.41, 5.74) is 7.57. The van der Waals surface area contributed by atoms with Gasteiger partial charge in [0.15, 0.2) is 0 Å². The number of allylic oxidation sites excluding steroid dienone is 5. The smallest absolute Gasteiger partial charge is 0.425 e. The Bertz CT molecular complexity index is 3660. The van der Waals surface area contributed by atoms with Gasteiger partial charge in [0.25, 0.3) is 20.2 Å². The number of rotatable bonds is 10. The lowest BCUT2D eigenvalue weighted by Crippen LogP contribution is -2.30. The van der Waals surface area contributed by atoms with Crippen LogP contribution in [0.1, 0.15) is 41.5 Å². The summed E-state index contributed by atoms with van der Waals surface area (Å²) in [5.74, 6) is -0.628. The fourth-order valence-corrected chi connectivity index (χ4v) is 12.1. The maximum Gasteiger partial charge on any atom is 0.425 e. The number of benzene rings is 5. The summed E-state index contributed by atoms with van der Waals surface area (Å²) >= 11 is 1.55. The van der Waals surface area contributed by atoms with Gasteiger partial charge in [-0.05, 0) is 108 Å². The normalized spacial score (nSPS) is 17.5. The highest BCUT2D eigenvalue weighted by Crippen LogP contribution is 2.54. The van der Waals surface area contributed by atoms with Gasteiger partial charge in [0, 0.05) is 45.7 Å². The van der Waals surface area contributed by atoms with Crippen LogP contribution in [0.4, 0.5) is 11.4 Å². The van der Waals surface area contributed by atoms with Gasteiger partial charge in [-0.1, -0.05) is 72.5 Å². The Kier molecular flexibility index (Phi) is 13.5. The molecule has 21 heteroatoms. The molecule has 5 aromatic carbocycles. The molecule has 3 aliphatic rings. The van der Waals surface area contributed by atoms with Crippen LogP contribution >= 0.6 is 11.8 Å². The van der Waals surface area contributed by atoms with E-state index in [9.17, 15) is 48.8 Å². The van der Waals surface area contributed by atoms with Gasteiger partial charge in [-0.15, -0.1) is 12.6 Å². The number of carbonyl (C=O) groups is 1. The third kappa shape index (κ3) is 10.2. The van der Waals surface area contributed by atoms with E-state index in [1.807, 2.05) is 66.2 Å². The molecule has 0 saturated heterocycles. The number of pyridine rings is 1. The minimum Gasteiger partial charge on any atom is -0.744 e. The van der Waals surface area contributed by atoms with Crippen LogP contribution in [0.5, 0.6) is 0 Å². The van der Waals surface area contributed by atoms with Gasteiger partial charge in [-0.3, -0.25) is 13.9 Å². The standard InChI is InChI=1S/C48H40N2O11S4.O3S/c1-49-43-6-4-3-5-39(43)37(40-16-13-32(25-44(40)49)63(53,54)55)21-19-35-29-9-10-30(24-29)36(48(35)62-31-11-7-28(8-12-31)23-47(51)52)20-22-38-41-17-14-33(64(56,57)58)26-45(41)50(2)46-27-34(65(59,60)61)15-18-42(38)46;1-4(2)3/h3-8,11-22,25-27,29-30H,9-10,23-24H2,1-2H3,(H3-,51,52,53,54,55,56,57,58,59,60,61);. The van der Waals surface area contributed by atoms with Gasteiger partial charge in [0.05, 0.1) is 43.3 Å². The van der Waals surface area contributed by atoms with E-state index < -0.39 is 46.9 Å². The number of nitrogens with zero attached hydrogens (tertiary/aromatic N) is 2. The number of hydrogen-bond donors (Lipinski definition) is 3. The van der Waals surface area contributed by atoms with Crippen LogP contribution in [0.3, 0.4) is 0 Å². The van der Waals surface area contributed by atoms with E-state index in [-0.39, 0.29) is 32.9 Å². The molecule has 2 aliphatic carbocycles. The molecule has 2 heterocycles. The predicted molar refractivity (Wildman–Crippen MR) is 257 cm³/mol. The van der Waals surface area contributed by atoms with Gasteiger partial charge < -0.3 is 14.6 Å². The quantitative estimate of drug-likeness (QED) is 0.0683. The maximum atomic E-state index is 12.3. The van der Waals surface area contributed by atoms with Crippen molar-refractivity contribution in [1.82, 2.24) is 0 Å². The highest BCUT2D eigenvalue weighted by molar-refractivity contribution is 8.03. The molecule has 1 saturated carbocycles. The first-order valence-electron chi connectivity index (χ1n) is 20.9. The van der Waals surface area contributed by atoms with Crippen molar-refractivity contribution in [3.63, 3.8) is 0 Å². The van der Waals surface area contributed by atoms with E-state index >= 15 is 0 Å². The molecule has 3 N–H and O–H groups in total. The molecule has 356 valence electrons. The summed E-state index contributed by atoms with van der Waals surface area (Å²) in [6.07, 6.45) is 10.6. The molecule has 1 aromatic heterocycles. The van der Waals surface area contributed by atoms with Gasteiger partial charge in [0.2, 0.25) is 11.0 Å². The Hall–Kier alpha value is -6.30. The van der Waals surface area contributed by atoms with Gasteiger partial charge in [0.1, 0.15) is 17.2 Å². The molecular weight excluding hydrogens is 989 g/mol. The number of fused-ring (bicyclic) bond motifs is 6. The molecule has 6 aromatic rings. The lowest BCUT2D eigenvalue weighted by Gasteiger charge is -2.32. The minimum absolute atomic E-state index is 0.126. The molecule has 2 unspecified atom stereocenters. The number of hydrogen-bond acceptors (Lipinski definition) is 13. The fraction of sp³-hybridized carbons (Fsp3) is 0.167. The number of anilines is 2. The van der Waals surface area contributed by atoms with E-state index in [4.69, 9.17) is 12.6 Å². The van der Waals surface area contributed by atoms with Gasteiger partial charge in [-0.2, -0.15) is 21.4 Å². The van der Waals surface area contributed by atoms with Crippen LogP contribution < -0.4 is 9.47 Å². The summed E-state index contributed by atoms with van der Waals surface area (Å²) in [4.78, 5) is 13.9. The minimum atomic E-state index is -4.73. The molecule has 0 spiro atoms. The molecular formula is C48H40N2O14S5. The second-order valence-corrected chi connectivity index (χ2v) is 22.3. The van der Waals surface area contributed by atoms with Gasteiger partial charge >= 0.3 is 16.6 Å². The van der Waals surface area contributed by atoms with Crippen LogP contribution in [0, 0.1) is 11.8 Å². The largest absolute Gasteiger partial charge is 0.744 e. The van der Waals surface area contributed by atoms with Crippen LogP contribution in [0.2, 0.25) is 0 Å². The zero-order chi connectivity index (χ0) is 49.7. The summed E-state index contributed by atoms with van der Waals surface area (Å²) in [6, 6.07) is 27.9. The lowest BCUT2D eigenvalue weighted by atomic mass is 9.83. The molecule has 1 fully saturated rings. The molecule has 16 nitrogen and oxygen atoms in total. The topological polar surface area (TPSA) is 262 Å². The summed E-state index contributed by atoms with van der Waals surface area (Å²) in [6.45, 7) is 0. The van der Waals surface area contributed by atoms with Crippen molar-refractivity contribution in [2.24, 2.45) is 18.9 Å². The monoisotopic (exact) mass is 1030 g/mol. The molecule has 9 rings (SSSR count). The molecule has 0 radical (unpaired) electrons. The molecule has 2 bridgehead atoms. The number of para-hydroxylation sites is 1. The van der Waals surface area contributed by atoms with Crippen molar-refractivity contribution < 1.29 is 66.0 Å². The van der Waals surface area contributed by atoms with Crippen molar-refractivity contribution in [1.29, 1.82) is 0 Å². The highest BCUT2D eigenvalue weighted by Gasteiger charge is 2.38. The van der Waals surface area contributed by atoms with Crippen molar-refractivity contribution in [2.45, 2.75) is 45.3 Å². The van der Waals surface area contributed by atoms with Crippen LogP contribution in [-0.4, -0.2) is 69.7 Å². The highest BCUT2D eigenvalue weighted by atomic mass is 32.2. The second kappa shape index (κ2) is 18.9. The number of aromatic nitrogens is 1. The first-order valence-corrected chi connectivity index (χ1v) is 27.0. The maximum absolute atomic E-state index is 12.3. The van der Waals surface area contributed by atoms with E-state index in [0.717, 1.165) is 62.1 Å². The number of carboxylic acid groups (broad SMARTS) is 1. The van der Waals surface area contributed by atoms with E-state index in [2.05, 4.69) is 6.08 Å². The number of aliphatic carboxylic acids is 1. The van der Waals surface area contributed by atoms with Crippen molar-refractivity contribution in [3.05, 3.63) is 160 Å². The van der Waals surface area contributed by atoms with Crippen LogP contribution in [-0.2, 0) is 59.2 Å². The van der Waals surface area contributed by atoms with Crippen molar-refractivity contribution >= 4 is 104 Å².